The maximum atomic E-state index is 12.3. The van der Waals surface area contributed by atoms with Gasteiger partial charge in [-0.3, -0.25) is 4.40 Å². The topological polar surface area (TPSA) is 50.2 Å². The van der Waals surface area contributed by atoms with E-state index in [0.29, 0.717) is 0 Å². The van der Waals surface area contributed by atoms with E-state index in [1.54, 1.807) is 4.40 Å². The first-order valence-electron chi connectivity index (χ1n) is 7.98. The zero-order valence-electron chi connectivity index (χ0n) is 12.7. The van der Waals surface area contributed by atoms with Crippen molar-refractivity contribution in [3.8, 4) is 11.3 Å². The lowest BCUT2D eigenvalue weighted by atomic mass is 9.97. The van der Waals surface area contributed by atoms with Crippen molar-refractivity contribution in [2.24, 2.45) is 0 Å². The van der Waals surface area contributed by atoms with Gasteiger partial charge in [0, 0.05) is 23.0 Å². The summed E-state index contributed by atoms with van der Waals surface area (Å²) in [5, 5.41) is 0. The van der Waals surface area contributed by atoms with Crippen molar-refractivity contribution in [2.75, 3.05) is 0 Å². The normalized spacial score (nSPS) is 14.2. The molecule has 0 radical (unpaired) electrons. The van der Waals surface area contributed by atoms with E-state index >= 15 is 0 Å². The maximum Gasteiger partial charge on any atom is 0.331 e. The Morgan fingerprint density at radius 2 is 2.14 bits per heavy atom. The number of rotatable bonds is 2. The molecule has 0 spiro atoms. The van der Waals surface area contributed by atoms with Gasteiger partial charge in [0.15, 0.2) is 0 Å². The lowest BCUT2D eigenvalue weighted by Crippen LogP contribution is -2.21. The van der Waals surface area contributed by atoms with Crippen LogP contribution in [0.1, 0.15) is 36.6 Å². The van der Waals surface area contributed by atoms with Crippen LogP contribution in [0.5, 0.6) is 0 Å². The van der Waals surface area contributed by atoms with E-state index in [1.807, 2.05) is 6.20 Å². The highest BCUT2D eigenvalue weighted by atomic mass is 16.1. The van der Waals surface area contributed by atoms with Crippen molar-refractivity contribution >= 4 is 5.65 Å². The molecule has 0 bridgehead atoms. The lowest BCUT2D eigenvalue weighted by Gasteiger charge is -2.15. The van der Waals surface area contributed by atoms with Gasteiger partial charge in [0.2, 0.25) is 0 Å². The summed E-state index contributed by atoms with van der Waals surface area (Å²) < 4.78 is 1.66. The molecule has 0 unspecified atom stereocenters. The molecule has 22 heavy (non-hydrogen) atoms. The smallest absolute Gasteiger partial charge is 0.311 e. The molecule has 4 nitrogen and oxygen atoms in total. The molecule has 0 fully saturated rings. The Morgan fingerprint density at radius 1 is 1.27 bits per heavy atom. The predicted molar refractivity (Wildman–Crippen MR) is 87.3 cm³/mol. The number of aromatic amines is 1. The summed E-state index contributed by atoms with van der Waals surface area (Å²) in [4.78, 5) is 20.1. The molecule has 0 amide bonds. The van der Waals surface area contributed by atoms with Crippen molar-refractivity contribution in [3.05, 3.63) is 57.8 Å². The van der Waals surface area contributed by atoms with Crippen LogP contribution < -0.4 is 5.69 Å². The predicted octanol–water partition coefficient (Wildman–Crippen LogP) is 3.13. The Balaban J connectivity index is 1.93. The summed E-state index contributed by atoms with van der Waals surface area (Å²) in [6.07, 6.45) is 7.12. The SMILES string of the molecule is CCc1cccc(-c2cn3c(=O)[nH]c4c(c3n2)CCCC4)c1. The zero-order chi connectivity index (χ0) is 15.1. The third-order valence-corrected chi connectivity index (χ3v) is 4.55. The summed E-state index contributed by atoms with van der Waals surface area (Å²) in [7, 11) is 0. The molecule has 0 aliphatic heterocycles. The minimum absolute atomic E-state index is 0.0824. The van der Waals surface area contributed by atoms with Crippen LogP contribution in [0.25, 0.3) is 16.9 Å². The van der Waals surface area contributed by atoms with Gasteiger partial charge in [0.25, 0.3) is 0 Å². The molecular weight excluding hydrogens is 274 g/mol. The fourth-order valence-electron chi connectivity index (χ4n) is 3.32. The molecular formula is C18H19N3O. The number of nitrogens with one attached hydrogen (secondary N) is 1. The van der Waals surface area contributed by atoms with Gasteiger partial charge >= 0.3 is 5.69 Å². The molecule has 1 N–H and O–H groups in total. The number of aromatic nitrogens is 3. The van der Waals surface area contributed by atoms with Crippen LogP contribution in [-0.2, 0) is 19.3 Å². The van der Waals surface area contributed by atoms with Crippen LogP contribution in [-0.4, -0.2) is 14.4 Å². The molecule has 1 aromatic carbocycles. The summed E-state index contributed by atoms with van der Waals surface area (Å²) in [6, 6.07) is 8.38. The van der Waals surface area contributed by atoms with Crippen LogP contribution >= 0.6 is 0 Å². The largest absolute Gasteiger partial charge is 0.331 e. The minimum Gasteiger partial charge on any atom is -0.311 e. The Morgan fingerprint density at radius 3 is 3.00 bits per heavy atom. The molecule has 4 heteroatoms. The fraction of sp³-hybridized carbons (Fsp3) is 0.333. The molecule has 3 aromatic rings. The lowest BCUT2D eigenvalue weighted by molar-refractivity contribution is 0.659. The van der Waals surface area contributed by atoms with Crippen LogP contribution in [0.4, 0.5) is 0 Å². The molecule has 0 saturated heterocycles. The third-order valence-electron chi connectivity index (χ3n) is 4.55. The highest BCUT2D eigenvalue weighted by Gasteiger charge is 2.17. The second-order valence-corrected chi connectivity index (χ2v) is 5.97. The molecule has 1 aliphatic carbocycles. The maximum absolute atomic E-state index is 12.3. The van der Waals surface area contributed by atoms with Crippen molar-refractivity contribution in [1.82, 2.24) is 14.4 Å². The first-order valence-corrected chi connectivity index (χ1v) is 7.98. The number of aryl methyl sites for hydroxylation is 3. The van der Waals surface area contributed by atoms with Crippen LogP contribution in [0, 0.1) is 0 Å². The Hall–Kier alpha value is -2.36. The number of nitrogens with zero attached hydrogens (tertiary/aromatic N) is 2. The number of hydrogen-bond acceptors (Lipinski definition) is 2. The van der Waals surface area contributed by atoms with E-state index in [-0.39, 0.29) is 5.69 Å². The number of H-pyrrole nitrogens is 1. The van der Waals surface area contributed by atoms with Gasteiger partial charge in [-0.2, -0.15) is 0 Å². The highest BCUT2D eigenvalue weighted by molar-refractivity contribution is 5.65. The van der Waals surface area contributed by atoms with Crippen molar-refractivity contribution in [3.63, 3.8) is 0 Å². The van der Waals surface area contributed by atoms with Gasteiger partial charge < -0.3 is 4.98 Å². The molecule has 2 heterocycles. The number of fused-ring (bicyclic) bond motifs is 3. The van der Waals surface area contributed by atoms with E-state index in [2.05, 4.69) is 36.2 Å². The first kappa shape index (κ1) is 13.3. The van der Waals surface area contributed by atoms with E-state index in [9.17, 15) is 4.79 Å². The summed E-state index contributed by atoms with van der Waals surface area (Å²) in [6.45, 7) is 2.14. The standard InChI is InChI=1S/C18H19N3O/c1-2-12-6-5-7-13(10-12)16-11-21-17(19-16)14-8-3-4-9-15(14)20-18(21)22/h5-7,10-11H,2-4,8-9H2,1H3,(H,20,22). The Kier molecular flexibility index (Phi) is 3.10. The molecule has 0 atom stereocenters. The first-order chi connectivity index (χ1) is 10.8. The van der Waals surface area contributed by atoms with Crippen molar-refractivity contribution in [2.45, 2.75) is 39.0 Å². The second-order valence-electron chi connectivity index (χ2n) is 5.97. The molecule has 1 aliphatic rings. The van der Waals surface area contributed by atoms with Gasteiger partial charge in [0.05, 0.1) is 5.69 Å². The molecule has 112 valence electrons. The van der Waals surface area contributed by atoms with E-state index < -0.39 is 0 Å². The highest BCUT2D eigenvalue weighted by Crippen LogP contribution is 2.25. The molecule has 0 saturated carbocycles. The van der Waals surface area contributed by atoms with Gasteiger partial charge in [-0.1, -0.05) is 25.1 Å². The molecule has 4 rings (SSSR count). The second kappa shape index (κ2) is 5.13. The number of imidazole rings is 1. The van der Waals surface area contributed by atoms with Crippen molar-refractivity contribution in [1.29, 1.82) is 0 Å². The Bertz CT molecular complexity index is 904. The molecule has 2 aromatic heterocycles. The van der Waals surface area contributed by atoms with Crippen LogP contribution in [0.3, 0.4) is 0 Å². The van der Waals surface area contributed by atoms with Gasteiger partial charge in [-0.25, -0.2) is 9.78 Å². The van der Waals surface area contributed by atoms with Crippen molar-refractivity contribution < 1.29 is 0 Å². The monoisotopic (exact) mass is 293 g/mol. The Labute approximate surface area is 128 Å². The van der Waals surface area contributed by atoms with Gasteiger partial charge in [-0.05, 0) is 43.7 Å². The number of benzene rings is 1. The van der Waals surface area contributed by atoms with Gasteiger partial charge in [0.1, 0.15) is 5.65 Å². The fourth-order valence-corrected chi connectivity index (χ4v) is 3.32. The average Bonchev–Trinajstić information content (AvgIpc) is 3.01. The summed E-state index contributed by atoms with van der Waals surface area (Å²) >= 11 is 0. The summed E-state index contributed by atoms with van der Waals surface area (Å²) in [5.74, 6) is 0. The quantitative estimate of drug-likeness (QED) is 0.789. The minimum atomic E-state index is -0.0824. The average molecular weight is 293 g/mol. The van der Waals surface area contributed by atoms with Crippen LogP contribution in [0.2, 0.25) is 0 Å². The van der Waals surface area contributed by atoms with E-state index in [1.165, 1.54) is 17.5 Å². The zero-order valence-corrected chi connectivity index (χ0v) is 12.7. The summed E-state index contributed by atoms with van der Waals surface area (Å²) in [5.41, 5.74) is 6.26. The van der Waals surface area contributed by atoms with E-state index in [0.717, 1.165) is 48.3 Å². The number of hydrogen-bond donors (Lipinski definition) is 1. The van der Waals surface area contributed by atoms with E-state index in [4.69, 9.17) is 4.98 Å². The van der Waals surface area contributed by atoms with Crippen LogP contribution in [0.15, 0.2) is 35.3 Å². The third kappa shape index (κ3) is 2.06. The van der Waals surface area contributed by atoms with Gasteiger partial charge in [-0.15, -0.1) is 0 Å².